The van der Waals surface area contributed by atoms with E-state index >= 15 is 0 Å². The second-order valence-electron chi connectivity index (χ2n) is 3.58. The third-order valence-electron chi connectivity index (χ3n) is 2.06. The van der Waals surface area contributed by atoms with Crippen LogP contribution in [0.25, 0.3) is 0 Å². The summed E-state index contributed by atoms with van der Waals surface area (Å²) in [5.74, 6) is -0.268. The van der Waals surface area contributed by atoms with Crippen molar-refractivity contribution in [2.24, 2.45) is 0 Å². The van der Waals surface area contributed by atoms with Gasteiger partial charge in [-0.2, -0.15) is 0 Å². The van der Waals surface area contributed by atoms with Crippen LogP contribution in [0.15, 0.2) is 0 Å². The minimum absolute atomic E-state index is 0.0227. The summed E-state index contributed by atoms with van der Waals surface area (Å²) in [7, 11) is 1.49. The number of carbonyl (C=O) groups excluding carboxylic acids is 1. The average molecular weight is 202 g/mol. The highest BCUT2D eigenvalue weighted by molar-refractivity contribution is 5.70. The zero-order valence-electron chi connectivity index (χ0n) is 9.54. The molecule has 3 heteroatoms. The second-order valence-corrected chi connectivity index (χ2v) is 3.58. The summed E-state index contributed by atoms with van der Waals surface area (Å²) in [6.45, 7) is 4.17. The number of methoxy groups -OCH3 is 1. The van der Waals surface area contributed by atoms with Crippen LogP contribution in [0.5, 0.6) is 0 Å². The first-order valence-electron chi connectivity index (χ1n) is 5.39. The van der Waals surface area contributed by atoms with Crippen LogP contribution in [0.4, 0.5) is 0 Å². The van der Waals surface area contributed by atoms with Gasteiger partial charge in [-0.1, -0.05) is 26.2 Å². The molecule has 0 rings (SSSR count). The predicted molar refractivity (Wildman–Crippen MR) is 56.2 cm³/mol. The summed E-state index contributed by atoms with van der Waals surface area (Å²) >= 11 is 0. The van der Waals surface area contributed by atoms with Crippen LogP contribution in [0.1, 0.15) is 46.0 Å². The van der Waals surface area contributed by atoms with E-state index in [0.29, 0.717) is 0 Å². The third kappa shape index (κ3) is 8.05. The molecule has 0 bridgehead atoms. The van der Waals surface area contributed by atoms with Crippen molar-refractivity contribution in [1.82, 2.24) is 0 Å². The third-order valence-corrected chi connectivity index (χ3v) is 2.06. The maximum absolute atomic E-state index is 11.0. The molecule has 0 aromatic carbocycles. The molecule has 0 N–H and O–H groups in total. The van der Waals surface area contributed by atoms with Crippen LogP contribution in [0, 0.1) is 0 Å². The zero-order valence-corrected chi connectivity index (χ0v) is 9.54. The first-order valence-corrected chi connectivity index (χ1v) is 5.39. The van der Waals surface area contributed by atoms with Gasteiger partial charge in [0.1, 0.15) is 6.61 Å². The Bertz CT molecular complexity index is 145. The number of carbonyl (C=O) groups is 1. The molecule has 0 amide bonds. The van der Waals surface area contributed by atoms with E-state index in [9.17, 15) is 4.79 Å². The quantitative estimate of drug-likeness (QED) is 0.448. The number of hydrogen-bond acceptors (Lipinski definition) is 3. The molecule has 0 unspecified atom stereocenters. The highest BCUT2D eigenvalue weighted by atomic mass is 16.6. The molecule has 0 aliphatic rings. The van der Waals surface area contributed by atoms with Crippen molar-refractivity contribution in [3.05, 3.63) is 0 Å². The van der Waals surface area contributed by atoms with Crippen LogP contribution in [0.2, 0.25) is 0 Å². The zero-order chi connectivity index (χ0) is 10.8. The molecule has 1 atom stereocenters. The summed E-state index contributed by atoms with van der Waals surface area (Å²) in [5.41, 5.74) is 0. The predicted octanol–water partition coefficient (Wildman–Crippen LogP) is 2.53. The lowest BCUT2D eigenvalue weighted by Gasteiger charge is -2.12. The highest BCUT2D eigenvalue weighted by Crippen LogP contribution is 2.07. The van der Waals surface area contributed by atoms with Crippen LogP contribution in [0.3, 0.4) is 0 Å². The molecule has 14 heavy (non-hydrogen) atoms. The first kappa shape index (κ1) is 13.4. The van der Waals surface area contributed by atoms with E-state index in [1.807, 2.05) is 6.92 Å². The Morgan fingerprint density at radius 2 is 2.00 bits per heavy atom. The van der Waals surface area contributed by atoms with E-state index in [4.69, 9.17) is 4.74 Å². The van der Waals surface area contributed by atoms with E-state index < -0.39 is 0 Å². The Kier molecular flexibility index (Phi) is 8.64. The van der Waals surface area contributed by atoms with Gasteiger partial charge in [0.15, 0.2) is 0 Å². The summed E-state index contributed by atoms with van der Waals surface area (Å²) < 4.78 is 9.78. The molecule has 0 spiro atoms. The van der Waals surface area contributed by atoms with Gasteiger partial charge in [0, 0.05) is 7.11 Å². The van der Waals surface area contributed by atoms with E-state index in [0.717, 1.165) is 12.8 Å². The Labute approximate surface area is 86.8 Å². The van der Waals surface area contributed by atoms with E-state index in [2.05, 4.69) is 11.7 Å². The van der Waals surface area contributed by atoms with Crippen molar-refractivity contribution < 1.29 is 14.3 Å². The van der Waals surface area contributed by atoms with Gasteiger partial charge in [-0.05, 0) is 19.8 Å². The Balaban J connectivity index is 3.35. The summed E-state index contributed by atoms with van der Waals surface area (Å²) in [5, 5.41) is 0. The lowest BCUT2D eigenvalue weighted by Crippen LogP contribution is -2.18. The van der Waals surface area contributed by atoms with E-state index in [1.54, 1.807) is 0 Å². The largest absolute Gasteiger partial charge is 0.461 e. The van der Waals surface area contributed by atoms with Crippen molar-refractivity contribution >= 4 is 5.97 Å². The minimum atomic E-state index is -0.268. The van der Waals surface area contributed by atoms with Crippen molar-refractivity contribution in [1.29, 1.82) is 0 Å². The SMILES string of the molecule is CCCCCC[C@@H](C)OC(=O)COC. The number of hydrogen-bond donors (Lipinski definition) is 0. The Hall–Kier alpha value is -0.570. The van der Waals surface area contributed by atoms with Crippen LogP contribution in [-0.2, 0) is 14.3 Å². The monoisotopic (exact) mass is 202 g/mol. The van der Waals surface area contributed by atoms with Gasteiger partial charge in [-0.15, -0.1) is 0 Å². The van der Waals surface area contributed by atoms with Crippen LogP contribution < -0.4 is 0 Å². The van der Waals surface area contributed by atoms with Gasteiger partial charge in [-0.25, -0.2) is 4.79 Å². The van der Waals surface area contributed by atoms with E-state index in [1.165, 1.54) is 26.4 Å². The highest BCUT2D eigenvalue weighted by Gasteiger charge is 2.08. The van der Waals surface area contributed by atoms with Crippen LogP contribution >= 0.6 is 0 Å². The fourth-order valence-electron chi connectivity index (χ4n) is 1.29. The standard InChI is InChI=1S/C11H22O3/c1-4-5-6-7-8-10(2)14-11(12)9-13-3/h10H,4-9H2,1-3H3/t10-/m1/s1. The molecule has 0 aliphatic heterocycles. The first-order chi connectivity index (χ1) is 6.70. The molecular formula is C11H22O3. The van der Waals surface area contributed by atoms with Gasteiger partial charge < -0.3 is 9.47 Å². The molecule has 0 heterocycles. The summed E-state index contributed by atoms with van der Waals surface area (Å²) in [6, 6.07) is 0. The maximum atomic E-state index is 11.0. The number of unbranched alkanes of at least 4 members (excludes halogenated alkanes) is 3. The molecule has 84 valence electrons. The molecular weight excluding hydrogens is 180 g/mol. The molecule has 0 fully saturated rings. The fourth-order valence-corrected chi connectivity index (χ4v) is 1.29. The van der Waals surface area contributed by atoms with Gasteiger partial charge in [0.25, 0.3) is 0 Å². The molecule has 3 nitrogen and oxygen atoms in total. The lowest BCUT2D eigenvalue weighted by molar-refractivity contribution is -0.152. The summed E-state index contributed by atoms with van der Waals surface area (Å²) in [6.07, 6.45) is 5.83. The van der Waals surface area contributed by atoms with Gasteiger partial charge >= 0.3 is 5.97 Å². The molecule has 0 aromatic heterocycles. The Morgan fingerprint density at radius 1 is 1.29 bits per heavy atom. The topological polar surface area (TPSA) is 35.5 Å². The van der Waals surface area contributed by atoms with Crippen LogP contribution in [-0.4, -0.2) is 25.8 Å². The molecule has 0 radical (unpaired) electrons. The van der Waals surface area contributed by atoms with Crippen molar-refractivity contribution in [2.45, 2.75) is 52.1 Å². The van der Waals surface area contributed by atoms with Crippen molar-refractivity contribution in [3.63, 3.8) is 0 Å². The fraction of sp³-hybridized carbons (Fsp3) is 0.909. The molecule has 0 saturated heterocycles. The summed E-state index contributed by atoms with van der Waals surface area (Å²) in [4.78, 5) is 11.0. The van der Waals surface area contributed by atoms with Crippen molar-refractivity contribution in [3.8, 4) is 0 Å². The van der Waals surface area contributed by atoms with Crippen molar-refractivity contribution in [2.75, 3.05) is 13.7 Å². The smallest absolute Gasteiger partial charge is 0.332 e. The lowest BCUT2D eigenvalue weighted by atomic mass is 10.1. The minimum Gasteiger partial charge on any atom is -0.461 e. The molecule has 0 saturated carbocycles. The maximum Gasteiger partial charge on any atom is 0.332 e. The van der Waals surface area contributed by atoms with Gasteiger partial charge in [0.05, 0.1) is 6.10 Å². The Morgan fingerprint density at radius 3 is 2.57 bits per heavy atom. The number of ether oxygens (including phenoxy) is 2. The molecule has 0 aromatic rings. The number of rotatable bonds is 8. The van der Waals surface area contributed by atoms with Gasteiger partial charge in [-0.3, -0.25) is 0 Å². The van der Waals surface area contributed by atoms with E-state index in [-0.39, 0.29) is 18.7 Å². The van der Waals surface area contributed by atoms with Gasteiger partial charge in [0.2, 0.25) is 0 Å². The average Bonchev–Trinajstić information content (AvgIpc) is 2.13. The normalized spacial score (nSPS) is 12.5. The number of esters is 1. The molecule has 0 aliphatic carbocycles. The second kappa shape index (κ2) is 9.00.